The Balaban J connectivity index is 2.31. The Morgan fingerprint density at radius 2 is 1.88 bits per heavy atom. The molecule has 1 aliphatic rings. The molecule has 140 valence electrons. The third kappa shape index (κ3) is 4.50. The largest absolute Gasteiger partial charge is 0.497 e. The first kappa shape index (κ1) is 19.7. The van der Waals surface area contributed by atoms with Crippen LogP contribution in [0.2, 0.25) is 0 Å². The highest BCUT2D eigenvalue weighted by Crippen LogP contribution is 2.31. The zero-order valence-corrected chi connectivity index (χ0v) is 15.9. The van der Waals surface area contributed by atoms with E-state index in [0.29, 0.717) is 34.7 Å². The van der Waals surface area contributed by atoms with Crippen molar-refractivity contribution in [3.8, 4) is 5.75 Å². The van der Waals surface area contributed by atoms with Gasteiger partial charge < -0.3 is 4.74 Å². The van der Waals surface area contributed by atoms with Crippen LogP contribution < -0.4 is 4.74 Å². The lowest BCUT2D eigenvalue weighted by Gasteiger charge is -2.34. The highest BCUT2D eigenvalue weighted by molar-refractivity contribution is 7.89. The highest BCUT2D eigenvalue weighted by Gasteiger charge is 2.35. The molecule has 1 heterocycles. The Morgan fingerprint density at radius 3 is 2.44 bits per heavy atom. The summed E-state index contributed by atoms with van der Waals surface area (Å²) in [5, 5.41) is 0. The third-order valence-electron chi connectivity index (χ3n) is 4.25. The summed E-state index contributed by atoms with van der Waals surface area (Å²) >= 11 is 0. The molecule has 0 aromatic heterocycles. The van der Waals surface area contributed by atoms with Crippen LogP contribution in [0.25, 0.3) is 0 Å². The lowest BCUT2D eigenvalue weighted by Crippen LogP contribution is -2.46. The van der Waals surface area contributed by atoms with Gasteiger partial charge in [-0.05, 0) is 49.9 Å². The van der Waals surface area contributed by atoms with Gasteiger partial charge in [0.25, 0.3) is 0 Å². The van der Waals surface area contributed by atoms with Crippen LogP contribution in [0, 0.1) is 13.8 Å². The van der Waals surface area contributed by atoms with Crippen molar-refractivity contribution in [3.05, 3.63) is 23.3 Å². The number of piperidine rings is 1. The average molecular weight is 371 g/mol. The quantitative estimate of drug-likeness (QED) is 0.564. The van der Waals surface area contributed by atoms with Gasteiger partial charge in [0, 0.05) is 13.5 Å². The van der Waals surface area contributed by atoms with Gasteiger partial charge in [-0.1, -0.05) is 6.42 Å². The van der Waals surface area contributed by atoms with Gasteiger partial charge in [0.2, 0.25) is 10.0 Å². The van der Waals surface area contributed by atoms with Crippen LogP contribution in [0.4, 0.5) is 0 Å². The molecule has 0 spiro atoms. The summed E-state index contributed by atoms with van der Waals surface area (Å²) in [5.41, 5.74) is 1.28. The number of carbonyl (C=O) groups excluding carboxylic acids is 1. The first-order valence-corrected chi connectivity index (χ1v) is 9.68. The predicted octanol–water partition coefficient (Wildman–Crippen LogP) is 2.35. The average Bonchev–Trinajstić information content (AvgIpc) is 2.53. The molecule has 1 fully saturated rings. The summed E-state index contributed by atoms with van der Waals surface area (Å²) in [6.07, 6.45) is 2.35. The second-order valence-electron chi connectivity index (χ2n) is 6.22. The Morgan fingerprint density at radius 1 is 1.24 bits per heavy atom. The third-order valence-corrected chi connectivity index (χ3v) is 6.50. The maximum Gasteiger partial charge on any atom is 0.339 e. The monoisotopic (exact) mass is 371 g/mol. The molecule has 1 saturated heterocycles. The molecule has 0 unspecified atom stereocenters. The van der Waals surface area contributed by atoms with E-state index in [1.807, 2.05) is 0 Å². The second kappa shape index (κ2) is 8.16. The predicted molar refractivity (Wildman–Crippen MR) is 91.7 cm³/mol. The highest BCUT2D eigenvalue weighted by atomic mass is 32.2. The van der Waals surface area contributed by atoms with Gasteiger partial charge in [0.05, 0.1) is 18.0 Å². The zero-order valence-electron chi connectivity index (χ0n) is 15.1. The Bertz CT molecular complexity index is 708. The van der Waals surface area contributed by atoms with E-state index in [0.717, 1.165) is 12.8 Å². The second-order valence-corrected chi connectivity index (χ2v) is 8.04. The van der Waals surface area contributed by atoms with Gasteiger partial charge >= 0.3 is 5.97 Å². The molecule has 7 nitrogen and oxygen atoms in total. The molecule has 0 bridgehead atoms. The van der Waals surface area contributed by atoms with Crippen LogP contribution in [-0.4, -0.2) is 45.0 Å². The number of benzene rings is 1. The SMILES string of the molecule is COc1cc(C)c(S(=O)(=O)N2CCCC[C@H]2COOC(C)=O)c(C)c1. The Kier molecular flexibility index (Phi) is 6.42. The number of sulfonamides is 1. The van der Waals surface area contributed by atoms with Crippen molar-refractivity contribution >= 4 is 16.0 Å². The van der Waals surface area contributed by atoms with E-state index in [2.05, 4.69) is 4.89 Å². The maximum absolute atomic E-state index is 13.3. The topological polar surface area (TPSA) is 82.1 Å². The fourth-order valence-electron chi connectivity index (χ4n) is 3.21. The van der Waals surface area contributed by atoms with Crippen molar-refractivity contribution in [1.29, 1.82) is 0 Å². The molecule has 8 heteroatoms. The number of rotatable bonds is 6. The smallest absolute Gasteiger partial charge is 0.339 e. The first-order chi connectivity index (χ1) is 11.8. The summed E-state index contributed by atoms with van der Waals surface area (Å²) in [7, 11) is -2.14. The molecule has 1 aromatic rings. The van der Waals surface area contributed by atoms with Crippen LogP contribution in [-0.2, 0) is 24.6 Å². The van der Waals surface area contributed by atoms with E-state index in [4.69, 9.17) is 9.62 Å². The fraction of sp³-hybridized carbons (Fsp3) is 0.588. The number of aryl methyl sites for hydroxylation is 2. The van der Waals surface area contributed by atoms with Crippen molar-refractivity contribution in [2.24, 2.45) is 0 Å². The summed E-state index contributed by atoms with van der Waals surface area (Å²) in [6, 6.07) is 3.07. The van der Waals surface area contributed by atoms with Gasteiger partial charge in [0.15, 0.2) is 0 Å². The summed E-state index contributed by atoms with van der Waals surface area (Å²) in [4.78, 5) is 20.6. The molecule has 0 saturated carbocycles. The van der Waals surface area contributed by atoms with Gasteiger partial charge in [-0.2, -0.15) is 9.19 Å². The molecule has 0 amide bonds. The molecule has 2 rings (SSSR count). The van der Waals surface area contributed by atoms with Crippen LogP contribution in [0.1, 0.15) is 37.3 Å². The van der Waals surface area contributed by atoms with E-state index < -0.39 is 16.0 Å². The minimum Gasteiger partial charge on any atom is -0.497 e. The fourth-order valence-corrected chi connectivity index (χ4v) is 5.30. The molecule has 25 heavy (non-hydrogen) atoms. The lowest BCUT2D eigenvalue weighted by atomic mass is 10.1. The van der Waals surface area contributed by atoms with Crippen molar-refractivity contribution in [2.75, 3.05) is 20.3 Å². The molecule has 0 aliphatic carbocycles. The molecule has 0 radical (unpaired) electrons. The summed E-state index contributed by atoms with van der Waals surface area (Å²) < 4.78 is 33.2. The number of hydrogen-bond donors (Lipinski definition) is 0. The molecule has 0 N–H and O–H groups in total. The van der Waals surface area contributed by atoms with E-state index >= 15 is 0 Å². The number of carbonyl (C=O) groups is 1. The standard InChI is InChI=1S/C17H25NO6S/c1-12-9-16(22-4)10-13(2)17(12)25(20,21)18-8-6-5-7-15(18)11-23-24-14(3)19/h9-10,15H,5-8,11H2,1-4H3/t15-/m0/s1. The van der Waals surface area contributed by atoms with E-state index in [1.165, 1.54) is 11.2 Å². The molecule has 1 aromatic carbocycles. The van der Waals surface area contributed by atoms with E-state index in [9.17, 15) is 13.2 Å². The van der Waals surface area contributed by atoms with Crippen LogP contribution >= 0.6 is 0 Å². The van der Waals surface area contributed by atoms with Crippen molar-refractivity contribution in [3.63, 3.8) is 0 Å². The Hall–Kier alpha value is -1.64. The van der Waals surface area contributed by atoms with E-state index in [1.54, 1.807) is 33.1 Å². The van der Waals surface area contributed by atoms with E-state index in [-0.39, 0.29) is 12.6 Å². The number of methoxy groups -OCH3 is 1. The molecular weight excluding hydrogens is 346 g/mol. The van der Waals surface area contributed by atoms with Crippen LogP contribution in [0.3, 0.4) is 0 Å². The lowest BCUT2D eigenvalue weighted by molar-refractivity contribution is -0.275. The number of ether oxygens (including phenoxy) is 1. The number of nitrogens with zero attached hydrogens (tertiary/aromatic N) is 1. The molecule has 1 aliphatic heterocycles. The van der Waals surface area contributed by atoms with Gasteiger partial charge in [-0.25, -0.2) is 13.2 Å². The summed E-state index contributed by atoms with van der Waals surface area (Å²) in [6.45, 7) is 5.20. The van der Waals surface area contributed by atoms with Gasteiger partial charge in [0.1, 0.15) is 12.4 Å². The molecule has 1 atom stereocenters. The minimum atomic E-state index is -3.69. The van der Waals surface area contributed by atoms with Crippen LogP contribution in [0.15, 0.2) is 17.0 Å². The normalized spacial score (nSPS) is 18.8. The molecular formula is C17H25NO6S. The van der Waals surface area contributed by atoms with Crippen LogP contribution in [0.5, 0.6) is 5.75 Å². The van der Waals surface area contributed by atoms with Crippen molar-refractivity contribution < 1.29 is 27.7 Å². The van der Waals surface area contributed by atoms with Crippen molar-refractivity contribution in [1.82, 2.24) is 4.31 Å². The zero-order chi connectivity index (χ0) is 18.6. The maximum atomic E-state index is 13.3. The van der Waals surface area contributed by atoms with Crippen molar-refractivity contribution in [2.45, 2.75) is 51.0 Å². The minimum absolute atomic E-state index is 0.0209. The Labute approximate surface area is 148 Å². The number of hydrogen-bond acceptors (Lipinski definition) is 6. The van der Waals surface area contributed by atoms with Gasteiger partial charge in [-0.15, -0.1) is 0 Å². The van der Waals surface area contributed by atoms with Gasteiger partial charge in [-0.3, -0.25) is 4.89 Å². The first-order valence-electron chi connectivity index (χ1n) is 8.24. The summed E-state index contributed by atoms with van der Waals surface area (Å²) in [5.74, 6) is 0.0643.